The van der Waals surface area contributed by atoms with Gasteiger partial charge in [-0.3, -0.25) is 4.79 Å². The third kappa shape index (κ3) is 4.92. The Labute approximate surface area is 158 Å². The Morgan fingerprint density at radius 1 is 1.12 bits per heavy atom. The summed E-state index contributed by atoms with van der Waals surface area (Å²) in [4.78, 5) is 26.4. The number of amides is 2. The van der Waals surface area contributed by atoms with Crippen molar-refractivity contribution in [3.8, 4) is 0 Å². The second-order valence-corrected chi connectivity index (χ2v) is 9.81. The van der Waals surface area contributed by atoms with Gasteiger partial charge < -0.3 is 15.0 Å². The lowest BCUT2D eigenvalue weighted by molar-refractivity contribution is -0.123. The van der Waals surface area contributed by atoms with E-state index >= 15 is 0 Å². The standard InChI is InChI=1S/C21H36N2O3/c1-14(18-12-16-5-6-17(18)11-16)22-19(24)13-15-7-9-23(10-8-15)20(25)26-21(2,3)4/h14-18H,5-13H2,1-4H3,(H,22,24). The molecule has 4 unspecified atom stereocenters. The summed E-state index contributed by atoms with van der Waals surface area (Å²) in [5.74, 6) is 3.01. The van der Waals surface area contributed by atoms with Crippen molar-refractivity contribution < 1.29 is 14.3 Å². The highest BCUT2D eigenvalue weighted by atomic mass is 16.6. The van der Waals surface area contributed by atoms with Crippen LogP contribution in [0.3, 0.4) is 0 Å². The van der Waals surface area contributed by atoms with Gasteiger partial charge in [-0.1, -0.05) is 6.42 Å². The fourth-order valence-corrected chi connectivity index (χ4v) is 5.23. The first-order valence-electron chi connectivity index (χ1n) is 10.5. The van der Waals surface area contributed by atoms with Crippen LogP contribution in [0.1, 0.15) is 72.6 Å². The average molecular weight is 365 g/mol. The molecule has 1 heterocycles. The zero-order valence-corrected chi connectivity index (χ0v) is 16.9. The largest absolute Gasteiger partial charge is 0.444 e. The Hall–Kier alpha value is -1.26. The lowest BCUT2D eigenvalue weighted by Crippen LogP contribution is -2.44. The first kappa shape index (κ1) is 19.5. The Balaban J connectivity index is 1.37. The molecule has 2 saturated carbocycles. The molecule has 3 rings (SSSR count). The molecular weight excluding hydrogens is 328 g/mol. The van der Waals surface area contributed by atoms with Crippen LogP contribution >= 0.6 is 0 Å². The van der Waals surface area contributed by atoms with Crippen LogP contribution in [0.4, 0.5) is 4.79 Å². The lowest BCUT2D eigenvalue weighted by atomic mass is 9.84. The van der Waals surface area contributed by atoms with Gasteiger partial charge in [0.05, 0.1) is 0 Å². The summed E-state index contributed by atoms with van der Waals surface area (Å²) in [5.41, 5.74) is -0.455. The third-order valence-corrected chi connectivity index (χ3v) is 6.56. The number of hydrogen-bond acceptors (Lipinski definition) is 3. The molecule has 0 aromatic carbocycles. The summed E-state index contributed by atoms with van der Waals surface area (Å²) >= 11 is 0. The fraction of sp³-hybridized carbons (Fsp3) is 0.905. The maximum atomic E-state index is 12.5. The molecule has 0 aromatic rings. The summed E-state index contributed by atoms with van der Waals surface area (Å²) in [5, 5.41) is 3.27. The van der Waals surface area contributed by atoms with E-state index in [9.17, 15) is 9.59 Å². The Morgan fingerprint density at radius 2 is 1.81 bits per heavy atom. The van der Waals surface area contributed by atoms with Crippen molar-refractivity contribution in [1.29, 1.82) is 0 Å². The van der Waals surface area contributed by atoms with E-state index < -0.39 is 5.60 Å². The summed E-state index contributed by atoms with van der Waals surface area (Å²) < 4.78 is 5.43. The summed E-state index contributed by atoms with van der Waals surface area (Å²) in [7, 11) is 0. The predicted molar refractivity (Wildman–Crippen MR) is 102 cm³/mol. The van der Waals surface area contributed by atoms with Gasteiger partial charge in [-0.15, -0.1) is 0 Å². The van der Waals surface area contributed by atoms with Crippen LogP contribution in [0.5, 0.6) is 0 Å². The molecule has 2 aliphatic carbocycles. The van der Waals surface area contributed by atoms with Crippen molar-refractivity contribution >= 4 is 12.0 Å². The van der Waals surface area contributed by atoms with Crippen LogP contribution in [0.2, 0.25) is 0 Å². The van der Waals surface area contributed by atoms with E-state index in [1.165, 1.54) is 25.7 Å². The Kier molecular flexibility index (Phi) is 5.83. The zero-order chi connectivity index (χ0) is 18.9. The van der Waals surface area contributed by atoms with Crippen LogP contribution in [0.25, 0.3) is 0 Å². The van der Waals surface area contributed by atoms with Crippen LogP contribution in [-0.2, 0) is 9.53 Å². The molecule has 0 spiro atoms. The Bertz CT molecular complexity index is 520. The number of nitrogens with one attached hydrogen (secondary N) is 1. The van der Waals surface area contributed by atoms with E-state index in [-0.39, 0.29) is 12.0 Å². The SMILES string of the molecule is CC(NC(=O)CC1CCN(C(=O)OC(C)(C)C)CC1)C1CC2CCC1C2. The molecule has 3 aliphatic rings. The van der Waals surface area contributed by atoms with E-state index in [4.69, 9.17) is 4.74 Å². The third-order valence-electron chi connectivity index (χ3n) is 6.56. The molecule has 26 heavy (non-hydrogen) atoms. The van der Waals surface area contributed by atoms with E-state index in [0.29, 0.717) is 37.4 Å². The first-order chi connectivity index (χ1) is 12.2. The number of rotatable bonds is 4. The maximum Gasteiger partial charge on any atom is 0.410 e. The molecular formula is C21H36N2O3. The number of piperidine rings is 1. The van der Waals surface area contributed by atoms with Gasteiger partial charge in [-0.05, 0) is 83.5 Å². The highest BCUT2D eigenvalue weighted by molar-refractivity contribution is 5.76. The monoisotopic (exact) mass is 364 g/mol. The number of likely N-dealkylation sites (tertiary alicyclic amines) is 1. The minimum atomic E-state index is -0.455. The van der Waals surface area contributed by atoms with Crippen LogP contribution < -0.4 is 5.32 Å². The van der Waals surface area contributed by atoms with Crippen LogP contribution in [-0.4, -0.2) is 41.6 Å². The van der Waals surface area contributed by atoms with E-state index in [1.807, 2.05) is 20.8 Å². The van der Waals surface area contributed by atoms with Gasteiger partial charge in [0.25, 0.3) is 0 Å². The van der Waals surface area contributed by atoms with Gasteiger partial charge in [0.1, 0.15) is 5.60 Å². The number of fused-ring (bicyclic) bond motifs is 2. The van der Waals surface area contributed by atoms with Gasteiger partial charge >= 0.3 is 6.09 Å². The number of hydrogen-bond donors (Lipinski definition) is 1. The molecule has 0 radical (unpaired) electrons. The second-order valence-electron chi connectivity index (χ2n) is 9.81. The highest BCUT2D eigenvalue weighted by Crippen LogP contribution is 2.49. The molecule has 1 saturated heterocycles. The molecule has 2 bridgehead atoms. The molecule has 0 aromatic heterocycles. The number of carbonyl (C=O) groups excluding carboxylic acids is 2. The predicted octanol–water partition coefficient (Wildman–Crippen LogP) is 3.96. The lowest BCUT2D eigenvalue weighted by Gasteiger charge is -2.33. The van der Waals surface area contributed by atoms with Gasteiger partial charge in [0.15, 0.2) is 0 Å². The van der Waals surface area contributed by atoms with E-state index in [0.717, 1.165) is 24.7 Å². The quantitative estimate of drug-likeness (QED) is 0.821. The average Bonchev–Trinajstić information content (AvgIpc) is 3.16. The summed E-state index contributed by atoms with van der Waals surface area (Å²) in [6.07, 6.45) is 7.58. The second kappa shape index (κ2) is 7.77. The van der Waals surface area contributed by atoms with E-state index in [1.54, 1.807) is 4.90 Å². The topological polar surface area (TPSA) is 58.6 Å². The molecule has 1 aliphatic heterocycles. The Morgan fingerprint density at radius 3 is 2.35 bits per heavy atom. The molecule has 5 heteroatoms. The minimum Gasteiger partial charge on any atom is -0.444 e. The summed E-state index contributed by atoms with van der Waals surface area (Å²) in [6.45, 7) is 9.23. The molecule has 3 fully saturated rings. The van der Waals surface area contributed by atoms with E-state index in [2.05, 4.69) is 12.2 Å². The number of carbonyl (C=O) groups is 2. The van der Waals surface area contributed by atoms with Gasteiger partial charge in [0, 0.05) is 25.6 Å². The van der Waals surface area contributed by atoms with Crippen molar-refractivity contribution in [2.24, 2.45) is 23.7 Å². The normalized spacial score (nSPS) is 30.3. The highest BCUT2D eigenvalue weighted by Gasteiger charge is 2.42. The van der Waals surface area contributed by atoms with Crippen LogP contribution in [0, 0.1) is 23.7 Å². The molecule has 1 N–H and O–H groups in total. The number of nitrogens with zero attached hydrogens (tertiary/aromatic N) is 1. The first-order valence-corrected chi connectivity index (χ1v) is 10.5. The minimum absolute atomic E-state index is 0.191. The molecule has 4 atom stereocenters. The van der Waals surface area contributed by atoms with Crippen molar-refractivity contribution in [3.63, 3.8) is 0 Å². The van der Waals surface area contributed by atoms with Gasteiger partial charge in [-0.2, -0.15) is 0 Å². The van der Waals surface area contributed by atoms with Crippen molar-refractivity contribution in [2.75, 3.05) is 13.1 Å². The molecule has 2 amide bonds. The zero-order valence-electron chi connectivity index (χ0n) is 16.9. The van der Waals surface area contributed by atoms with Crippen LogP contribution in [0.15, 0.2) is 0 Å². The number of ether oxygens (including phenoxy) is 1. The van der Waals surface area contributed by atoms with Crippen molar-refractivity contribution in [3.05, 3.63) is 0 Å². The molecule has 5 nitrogen and oxygen atoms in total. The van der Waals surface area contributed by atoms with Crippen molar-refractivity contribution in [1.82, 2.24) is 10.2 Å². The smallest absolute Gasteiger partial charge is 0.410 e. The summed E-state index contributed by atoms with van der Waals surface area (Å²) in [6, 6.07) is 0.305. The van der Waals surface area contributed by atoms with Gasteiger partial charge in [0.2, 0.25) is 5.91 Å². The van der Waals surface area contributed by atoms with Crippen molar-refractivity contribution in [2.45, 2.75) is 84.3 Å². The molecule has 148 valence electrons. The van der Waals surface area contributed by atoms with Gasteiger partial charge in [-0.25, -0.2) is 4.79 Å². The fourth-order valence-electron chi connectivity index (χ4n) is 5.23. The maximum absolute atomic E-state index is 12.5.